The van der Waals surface area contributed by atoms with E-state index < -0.39 is 11.9 Å². The highest BCUT2D eigenvalue weighted by molar-refractivity contribution is 5.77. The molecule has 0 radical (unpaired) electrons. The number of rotatable bonds is 8. The Kier molecular flexibility index (Phi) is 5.86. The number of ether oxygens (including phenoxy) is 3. The first-order chi connectivity index (χ1) is 11.2. The van der Waals surface area contributed by atoms with Crippen molar-refractivity contribution in [3.05, 3.63) is 54.1 Å². The number of carboxylic acids is 1. The van der Waals surface area contributed by atoms with Gasteiger partial charge in [-0.2, -0.15) is 0 Å². The molecule has 122 valence electrons. The fourth-order valence-electron chi connectivity index (χ4n) is 2.35. The number of aliphatic carboxylic acids is 1. The van der Waals surface area contributed by atoms with Gasteiger partial charge in [-0.3, -0.25) is 4.79 Å². The molecule has 0 fully saturated rings. The Balaban J connectivity index is 2.04. The molecular formula is C18H20O5. The summed E-state index contributed by atoms with van der Waals surface area (Å²) in [6, 6.07) is 14.4. The van der Waals surface area contributed by atoms with Gasteiger partial charge in [0.05, 0.1) is 26.7 Å². The second-order valence-electron chi connectivity index (χ2n) is 4.95. The lowest BCUT2D eigenvalue weighted by Gasteiger charge is -2.16. The third-order valence-corrected chi connectivity index (χ3v) is 3.53. The molecule has 0 aliphatic carbocycles. The molecule has 2 rings (SSSR count). The van der Waals surface area contributed by atoms with Crippen molar-refractivity contribution in [2.75, 3.05) is 20.8 Å². The third kappa shape index (κ3) is 4.39. The molecule has 1 atom stereocenters. The normalized spacial score (nSPS) is 11.6. The summed E-state index contributed by atoms with van der Waals surface area (Å²) in [4.78, 5) is 11.6. The maximum atomic E-state index is 11.6. The molecule has 5 heteroatoms. The van der Waals surface area contributed by atoms with Crippen LogP contribution in [0.1, 0.15) is 17.9 Å². The summed E-state index contributed by atoms with van der Waals surface area (Å²) in [5.74, 6) is 0.331. The van der Waals surface area contributed by atoms with Crippen LogP contribution in [0.3, 0.4) is 0 Å². The van der Waals surface area contributed by atoms with E-state index in [0.29, 0.717) is 29.2 Å². The summed E-state index contributed by atoms with van der Waals surface area (Å²) in [6.07, 6.45) is 0.340. The van der Waals surface area contributed by atoms with E-state index in [2.05, 4.69) is 0 Å². The Morgan fingerprint density at radius 2 is 1.78 bits per heavy atom. The fraction of sp³-hybridized carbons (Fsp3) is 0.278. The summed E-state index contributed by atoms with van der Waals surface area (Å²) < 4.78 is 16.0. The van der Waals surface area contributed by atoms with Gasteiger partial charge >= 0.3 is 5.97 Å². The number of para-hydroxylation sites is 1. The molecule has 0 saturated carbocycles. The molecular weight excluding hydrogens is 296 g/mol. The monoisotopic (exact) mass is 316 g/mol. The van der Waals surface area contributed by atoms with Crippen molar-refractivity contribution >= 4 is 5.97 Å². The van der Waals surface area contributed by atoms with E-state index in [0.717, 1.165) is 0 Å². The summed E-state index contributed by atoms with van der Waals surface area (Å²) in [6.45, 7) is 0.280. The van der Waals surface area contributed by atoms with Crippen LogP contribution in [-0.4, -0.2) is 31.9 Å². The number of hydrogen-bond acceptors (Lipinski definition) is 4. The molecule has 2 aromatic rings. The fourth-order valence-corrected chi connectivity index (χ4v) is 2.35. The zero-order valence-electron chi connectivity index (χ0n) is 13.2. The largest absolute Gasteiger partial charge is 0.497 e. The van der Waals surface area contributed by atoms with Crippen LogP contribution in [-0.2, 0) is 4.79 Å². The number of benzene rings is 2. The molecule has 0 aliphatic heterocycles. The minimum atomic E-state index is -0.899. The van der Waals surface area contributed by atoms with Gasteiger partial charge in [-0.25, -0.2) is 0 Å². The van der Waals surface area contributed by atoms with Gasteiger partial charge in [0.15, 0.2) is 0 Å². The summed E-state index contributed by atoms with van der Waals surface area (Å²) in [7, 11) is 3.12. The van der Waals surface area contributed by atoms with Crippen molar-refractivity contribution in [3.8, 4) is 17.2 Å². The number of carboxylic acid groups (broad SMARTS) is 1. The highest BCUT2D eigenvalue weighted by Gasteiger charge is 2.23. The average Bonchev–Trinajstić information content (AvgIpc) is 2.58. The predicted molar refractivity (Wildman–Crippen MR) is 86.5 cm³/mol. The maximum Gasteiger partial charge on any atom is 0.311 e. The lowest BCUT2D eigenvalue weighted by Crippen LogP contribution is -2.16. The summed E-state index contributed by atoms with van der Waals surface area (Å²) in [5.41, 5.74) is 0.650. The number of hydrogen-bond donors (Lipinski definition) is 1. The second kappa shape index (κ2) is 8.08. The number of methoxy groups -OCH3 is 2. The highest BCUT2D eigenvalue weighted by Crippen LogP contribution is 2.29. The Morgan fingerprint density at radius 1 is 1.04 bits per heavy atom. The van der Waals surface area contributed by atoms with Gasteiger partial charge in [-0.1, -0.05) is 24.3 Å². The standard InChI is InChI=1S/C18H20O5/c1-21-13-6-5-7-14(12-13)23-11-10-16(18(19)20)15-8-3-4-9-17(15)22-2/h3-9,12,16H,10-11H2,1-2H3,(H,19,20). The molecule has 1 unspecified atom stereocenters. The molecule has 1 N–H and O–H groups in total. The molecule has 2 aromatic carbocycles. The topological polar surface area (TPSA) is 65.0 Å². The van der Waals surface area contributed by atoms with Gasteiger partial charge < -0.3 is 19.3 Å². The van der Waals surface area contributed by atoms with E-state index in [1.165, 1.54) is 7.11 Å². The van der Waals surface area contributed by atoms with E-state index in [-0.39, 0.29) is 6.61 Å². The zero-order valence-corrected chi connectivity index (χ0v) is 13.2. The van der Waals surface area contributed by atoms with Crippen LogP contribution in [0.25, 0.3) is 0 Å². The Hall–Kier alpha value is -2.69. The van der Waals surface area contributed by atoms with Crippen LogP contribution in [0.4, 0.5) is 0 Å². The second-order valence-corrected chi connectivity index (χ2v) is 4.95. The molecule has 0 saturated heterocycles. The number of carbonyl (C=O) groups is 1. The SMILES string of the molecule is COc1cccc(OCCC(C(=O)O)c2ccccc2OC)c1. The van der Waals surface area contributed by atoms with Crippen molar-refractivity contribution in [2.24, 2.45) is 0 Å². The van der Waals surface area contributed by atoms with Crippen molar-refractivity contribution in [1.82, 2.24) is 0 Å². The molecule has 0 aromatic heterocycles. The molecule has 0 bridgehead atoms. The van der Waals surface area contributed by atoms with Crippen LogP contribution in [0, 0.1) is 0 Å². The lowest BCUT2D eigenvalue weighted by molar-refractivity contribution is -0.139. The zero-order chi connectivity index (χ0) is 16.7. The molecule has 0 aliphatic rings. The molecule has 0 amide bonds. The van der Waals surface area contributed by atoms with Crippen molar-refractivity contribution in [2.45, 2.75) is 12.3 Å². The average molecular weight is 316 g/mol. The first-order valence-corrected chi connectivity index (χ1v) is 7.28. The predicted octanol–water partition coefficient (Wildman–Crippen LogP) is 3.34. The Morgan fingerprint density at radius 3 is 2.48 bits per heavy atom. The lowest BCUT2D eigenvalue weighted by atomic mass is 9.95. The van der Waals surface area contributed by atoms with E-state index in [1.54, 1.807) is 37.4 Å². The first-order valence-electron chi connectivity index (χ1n) is 7.28. The Bertz CT molecular complexity index is 653. The van der Waals surface area contributed by atoms with Gasteiger partial charge in [0, 0.05) is 11.6 Å². The van der Waals surface area contributed by atoms with E-state index in [4.69, 9.17) is 14.2 Å². The van der Waals surface area contributed by atoms with Gasteiger partial charge in [-0.05, 0) is 24.6 Å². The van der Waals surface area contributed by atoms with Gasteiger partial charge in [0.25, 0.3) is 0 Å². The maximum absolute atomic E-state index is 11.6. The van der Waals surface area contributed by atoms with E-state index >= 15 is 0 Å². The summed E-state index contributed by atoms with van der Waals surface area (Å²) >= 11 is 0. The molecule has 5 nitrogen and oxygen atoms in total. The quantitative estimate of drug-likeness (QED) is 0.809. The van der Waals surface area contributed by atoms with Gasteiger partial charge in [0.2, 0.25) is 0 Å². The smallest absolute Gasteiger partial charge is 0.311 e. The minimum absolute atomic E-state index is 0.280. The van der Waals surface area contributed by atoms with Crippen LogP contribution in [0.2, 0.25) is 0 Å². The third-order valence-electron chi connectivity index (χ3n) is 3.53. The molecule has 23 heavy (non-hydrogen) atoms. The van der Waals surface area contributed by atoms with Crippen LogP contribution in [0.5, 0.6) is 17.2 Å². The van der Waals surface area contributed by atoms with Crippen molar-refractivity contribution in [3.63, 3.8) is 0 Å². The Labute approximate surface area is 135 Å². The summed E-state index contributed by atoms with van der Waals surface area (Å²) in [5, 5.41) is 9.49. The van der Waals surface area contributed by atoms with Gasteiger partial charge in [0.1, 0.15) is 17.2 Å². The molecule has 0 spiro atoms. The molecule has 0 heterocycles. The highest BCUT2D eigenvalue weighted by atomic mass is 16.5. The van der Waals surface area contributed by atoms with E-state index in [9.17, 15) is 9.90 Å². The van der Waals surface area contributed by atoms with Crippen molar-refractivity contribution < 1.29 is 24.1 Å². The van der Waals surface area contributed by atoms with Crippen molar-refractivity contribution in [1.29, 1.82) is 0 Å². The minimum Gasteiger partial charge on any atom is -0.497 e. The van der Waals surface area contributed by atoms with Crippen LogP contribution >= 0.6 is 0 Å². The van der Waals surface area contributed by atoms with Gasteiger partial charge in [-0.15, -0.1) is 0 Å². The van der Waals surface area contributed by atoms with Crippen LogP contribution in [0.15, 0.2) is 48.5 Å². The van der Waals surface area contributed by atoms with Crippen LogP contribution < -0.4 is 14.2 Å². The first kappa shape index (κ1) is 16.7. The van der Waals surface area contributed by atoms with E-state index in [1.807, 2.05) is 18.2 Å².